The van der Waals surface area contributed by atoms with Crippen LogP contribution in [0.2, 0.25) is 5.02 Å². The van der Waals surface area contributed by atoms with Gasteiger partial charge in [0.15, 0.2) is 12.4 Å². The number of rotatable bonds is 7. The summed E-state index contributed by atoms with van der Waals surface area (Å²) in [5.74, 6) is -0.0104. The molecule has 1 aromatic heterocycles. The van der Waals surface area contributed by atoms with Gasteiger partial charge in [-0.15, -0.1) is 0 Å². The molecule has 0 radical (unpaired) electrons. The number of carbonyl (C=O) groups excluding carboxylic acids is 1. The maximum atomic E-state index is 13.0. The number of amidine groups is 1. The Hall–Kier alpha value is -3.39. The van der Waals surface area contributed by atoms with Crippen LogP contribution in [0, 0.1) is 5.82 Å². The smallest absolute Gasteiger partial charge is 0.235 e. The van der Waals surface area contributed by atoms with Gasteiger partial charge in [-0.1, -0.05) is 28.9 Å². The topological polar surface area (TPSA) is 103 Å². The normalized spacial score (nSPS) is 11.3. The van der Waals surface area contributed by atoms with Gasteiger partial charge >= 0.3 is 0 Å². The summed E-state index contributed by atoms with van der Waals surface area (Å²) >= 11 is 5.97. The number of anilines is 1. The molecule has 0 bridgehead atoms. The molecule has 3 aromatic rings. The number of hydrogen-bond donors (Lipinski definition) is 2. The molecule has 0 aliphatic rings. The highest BCUT2D eigenvalue weighted by Crippen LogP contribution is 2.21. The molecule has 0 spiro atoms. The van der Waals surface area contributed by atoms with Crippen molar-refractivity contribution in [2.75, 3.05) is 5.32 Å². The lowest BCUT2D eigenvalue weighted by atomic mass is 10.2. The summed E-state index contributed by atoms with van der Waals surface area (Å²) < 4.78 is 18.5. The zero-order chi connectivity index (χ0) is 19.9. The Bertz CT molecular complexity index is 989. The monoisotopic (exact) mass is 402 g/mol. The molecule has 0 saturated heterocycles. The van der Waals surface area contributed by atoms with Crippen LogP contribution in [0.5, 0.6) is 0 Å². The number of oxazole rings is 1. The SMILES string of the molecule is N/C(CC(=O)Nc1ccccc1Cl)=N/OCc1ncc(-c2ccc(F)cc2)o1. The third kappa shape index (κ3) is 5.31. The number of para-hydroxylation sites is 1. The van der Waals surface area contributed by atoms with Crippen molar-refractivity contribution in [1.29, 1.82) is 0 Å². The Balaban J connectivity index is 1.49. The van der Waals surface area contributed by atoms with Crippen molar-refractivity contribution in [2.24, 2.45) is 10.9 Å². The largest absolute Gasteiger partial charge is 0.437 e. The van der Waals surface area contributed by atoms with Crippen LogP contribution in [0.25, 0.3) is 11.3 Å². The summed E-state index contributed by atoms with van der Waals surface area (Å²) in [7, 11) is 0. The molecule has 1 heterocycles. The first-order chi connectivity index (χ1) is 13.5. The molecule has 9 heteroatoms. The zero-order valence-corrected chi connectivity index (χ0v) is 15.3. The molecule has 1 amide bonds. The highest BCUT2D eigenvalue weighted by molar-refractivity contribution is 6.33. The van der Waals surface area contributed by atoms with E-state index in [9.17, 15) is 9.18 Å². The second kappa shape index (κ2) is 9.01. The molecule has 2 aromatic carbocycles. The number of halogens is 2. The number of oxime groups is 1. The van der Waals surface area contributed by atoms with Crippen LogP contribution in [0.4, 0.5) is 10.1 Å². The van der Waals surface area contributed by atoms with Crippen molar-refractivity contribution < 1.29 is 18.4 Å². The Labute approximate surface area is 165 Å². The summed E-state index contributed by atoms with van der Waals surface area (Å²) in [5, 5.41) is 6.72. The van der Waals surface area contributed by atoms with Crippen LogP contribution in [-0.4, -0.2) is 16.7 Å². The summed E-state index contributed by atoms with van der Waals surface area (Å²) in [5.41, 5.74) is 6.85. The second-order valence-electron chi connectivity index (χ2n) is 5.69. The molecular weight excluding hydrogens is 387 g/mol. The van der Waals surface area contributed by atoms with Crippen LogP contribution in [0.3, 0.4) is 0 Å². The summed E-state index contributed by atoms with van der Waals surface area (Å²) in [6, 6.07) is 12.6. The number of amides is 1. The van der Waals surface area contributed by atoms with Crippen molar-refractivity contribution in [3.05, 3.63) is 71.5 Å². The van der Waals surface area contributed by atoms with Crippen molar-refractivity contribution in [2.45, 2.75) is 13.0 Å². The van der Waals surface area contributed by atoms with E-state index in [1.165, 1.54) is 18.3 Å². The molecule has 0 aliphatic carbocycles. The van der Waals surface area contributed by atoms with Gasteiger partial charge in [-0.05, 0) is 36.4 Å². The van der Waals surface area contributed by atoms with Gasteiger partial charge in [0.05, 0.1) is 23.3 Å². The first-order valence-corrected chi connectivity index (χ1v) is 8.58. The maximum Gasteiger partial charge on any atom is 0.235 e. The van der Waals surface area contributed by atoms with E-state index < -0.39 is 0 Å². The fraction of sp³-hybridized carbons (Fsp3) is 0.105. The standard InChI is InChI=1S/C19H16ClFN4O3/c20-14-3-1-2-4-15(14)24-18(26)9-17(22)25-27-11-19-23-10-16(28-19)12-5-7-13(21)8-6-12/h1-8,10H,9,11H2,(H2,22,25)(H,24,26). The van der Waals surface area contributed by atoms with Crippen molar-refractivity contribution in [3.63, 3.8) is 0 Å². The number of hydrogen-bond acceptors (Lipinski definition) is 5. The average Bonchev–Trinajstić information content (AvgIpc) is 3.13. The van der Waals surface area contributed by atoms with Gasteiger partial charge in [0.2, 0.25) is 11.8 Å². The van der Waals surface area contributed by atoms with Gasteiger partial charge in [-0.2, -0.15) is 0 Å². The number of carbonyl (C=O) groups is 1. The summed E-state index contributed by atoms with van der Waals surface area (Å²) in [4.78, 5) is 21.1. The highest BCUT2D eigenvalue weighted by atomic mass is 35.5. The molecule has 0 saturated carbocycles. The van der Waals surface area contributed by atoms with E-state index in [4.69, 9.17) is 26.6 Å². The molecule has 0 fully saturated rings. The molecule has 0 aliphatic heterocycles. The van der Waals surface area contributed by atoms with Gasteiger partial charge in [0.25, 0.3) is 0 Å². The fourth-order valence-corrected chi connectivity index (χ4v) is 2.43. The van der Waals surface area contributed by atoms with Crippen LogP contribution in [0.1, 0.15) is 12.3 Å². The first-order valence-electron chi connectivity index (χ1n) is 8.20. The molecule has 0 atom stereocenters. The average molecular weight is 403 g/mol. The Kier molecular flexibility index (Phi) is 6.23. The van der Waals surface area contributed by atoms with E-state index in [0.717, 1.165) is 0 Å². The number of nitrogens with one attached hydrogen (secondary N) is 1. The van der Waals surface area contributed by atoms with E-state index >= 15 is 0 Å². The lowest BCUT2D eigenvalue weighted by Crippen LogP contribution is -2.22. The van der Waals surface area contributed by atoms with E-state index in [2.05, 4.69) is 15.5 Å². The Morgan fingerprint density at radius 3 is 2.75 bits per heavy atom. The number of nitrogens with zero attached hydrogens (tertiary/aromatic N) is 2. The molecular formula is C19H16ClFN4O3. The molecule has 7 nitrogen and oxygen atoms in total. The fourth-order valence-electron chi connectivity index (χ4n) is 2.25. The van der Waals surface area contributed by atoms with Crippen LogP contribution in [-0.2, 0) is 16.2 Å². The molecule has 3 rings (SSSR count). The van der Waals surface area contributed by atoms with Gasteiger partial charge in [0.1, 0.15) is 11.7 Å². The minimum absolute atomic E-state index is 0.0186. The van der Waals surface area contributed by atoms with Crippen LogP contribution < -0.4 is 11.1 Å². The molecule has 3 N–H and O–H groups in total. The van der Waals surface area contributed by atoms with Gasteiger partial charge in [-0.25, -0.2) is 9.37 Å². The first kappa shape index (κ1) is 19.4. The van der Waals surface area contributed by atoms with Crippen molar-refractivity contribution in [3.8, 4) is 11.3 Å². The summed E-state index contributed by atoms with van der Waals surface area (Å²) in [6.45, 7) is -0.0754. The second-order valence-corrected chi connectivity index (χ2v) is 6.09. The van der Waals surface area contributed by atoms with Crippen molar-refractivity contribution >= 4 is 29.0 Å². The van der Waals surface area contributed by atoms with E-state index in [-0.39, 0.29) is 36.5 Å². The van der Waals surface area contributed by atoms with Gasteiger partial charge < -0.3 is 20.3 Å². The van der Waals surface area contributed by atoms with Gasteiger partial charge in [-0.3, -0.25) is 4.79 Å². The third-order valence-electron chi connectivity index (χ3n) is 3.54. The maximum absolute atomic E-state index is 13.0. The quantitative estimate of drug-likeness (QED) is 0.354. The highest BCUT2D eigenvalue weighted by Gasteiger charge is 2.09. The summed E-state index contributed by atoms with van der Waals surface area (Å²) in [6.07, 6.45) is 1.33. The molecule has 28 heavy (non-hydrogen) atoms. The van der Waals surface area contributed by atoms with Gasteiger partial charge in [0, 0.05) is 5.56 Å². The minimum Gasteiger partial charge on any atom is -0.437 e. The lowest BCUT2D eigenvalue weighted by molar-refractivity contribution is -0.115. The number of nitrogens with two attached hydrogens (primary N) is 1. The van der Waals surface area contributed by atoms with Crippen LogP contribution >= 0.6 is 11.6 Å². The minimum atomic E-state index is -0.382. The number of aromatic nitrogens is 1. The van der Waals surface area contributed by atoms with Crippen molar-refractivity contribution in [1.82, 2.24) is 4.98 Å². The lowest BCUT2D eigenvalue weighted by Gasteiger charge is -2.06. The number of benzene rings is 2. The Morgan fingerprint density at radius 1 is 1.25 bits per heavy atom. The predicted molar refractivity (Wildman–Crippen MR) is 103 cm³/mol. The van der Waals surface area contributed by atoms with E-state index in [1.807, 2.05) is 0 Å². The van der Waals surface area contributed by atoms with Crippen LogP contribution in [0.15, 0.2) is 64.3 Å². The zero-order valence-electron chi connectivity index (χ0n) is 14.6. The Morgan fingerprint density at radius 2 is 2.00 bits per heavy atom. The molecule has 144 valence electrons. The predicted octanol–water partition coefficient (Wildman–Crippen LogP) is 3.95. The third-order valence-corrected chi connectivity index (χ3v) is 3.87. The van der Waals surface area contributed by atoms with E-state index in [1.54, 1.807) is 36.4 Å². The van der Waals surface area contributed by atoms with E-state index in [0.29, 0.717) is 22.0 Å². The molecule has 0 unspecified atom stereocenters.